The van der Waals surface area contributed by atoms with Crippen LogP contribution in [0, 0.1) is 6.92 Å². The van der Waals surface area contributed by atoms with Crippen molar-refractivity contribution < 1.29 is 9.90 Å². The normalized spacial score (nSPS) is 11.0. The van der Waals surface area contributed by atoms with E-state index in [-0.39, 0.29) is 10.4 Å². The molecule has 21 heavy (non-hydrogen) atoms. The van der Waals surface area contributed by atoms with Crippen LogP contribution in [0.25, 0.3) is 15.9 Å². The van der Waals surface area contributed by atoms with Crippen LogP contribution >= 0.6 is 27.3 Å². The summed E-state index contributed by atoms with van der Waals surface area (Å²) in [7, 11) is 0. The average Bonchev–Trinajstić information content (AvgIpc) is 2.78. The molecule has 0 unspecified atom stereocenters. The molecular formula is C15H10BrNO3S. The van der Waals surface area contributed by atoms with Crippen LogP contribution in [0.2, 0.25) is 0 Å². The van der Waals surface area contributed by atoms with Crippen LogP contribution in [0.3, 0.4) is 0 Å². The zero-order valence-corrected chi connectivity index (χ0v) is 13.4. The monoisotopic (exact) mass is 363 g/mol. The van der Waals surface area contributed by atoms with Crippen LogP contribution in [0.4, 0.5) is 0 Å². The lowest BCUT2D eigenvalue weighted by Gasteiger charge is -2.07. The van der Waals surface area contributed by atoms with E-state index in [1.54, 1.807) is 6.07 Å². The van der Waals surface area contributed by atoms with Crippen molar-refractivity contribution in [2.24, 2.45) is 0 Å². The number of aryl methyl sites for hydroxylation is 1. The van der Waals surface area contributed by atoms with Gasteiger partial charge >= 0.3 is 5.97 Å². The number of carboxylic acids is 1. The van der Waals surface area contributed by atoms with Gasteiger partial charge in [0.2, 0.25) is 0 Å². The van der Waals surface area contributed by atoms with Gasteiger partial charge < -0.3 is 5.11 Å². The molecule has 0 amide bonds. The molecule has 2 aromatic heterocycles. The van der Waals surface area contributed by atoms with Crippen molar-refractivity contribution in [3.05, 3.63) is 61.7 Å². The van der Waals surface area contributed by atoms with Crippen LogP contribution in [0.15, 0.2) is 45.7 Å². The first-order chi connectivity index (χ1) is 9.99. The lowest BCUT2D eigenvalue weighted by atomic mass is 10.2. The first-order valence-electron chi connectivity index (χ1n) is 6.13. The average molecular weight is 364 g/mol. The predicted octanol–water partition coefficient (Wildman–Crippen LogP) is 3.82. The van der Waals surface area contributed by atoms with Crippen LogP contribution in [0.5, 0.6) is 0 Å². The molecule has 0 spiro atoms. The van der Waals surface area contributed by atoms with E-state index in [0.717, 1.165) is 28.0 Å². The van der Waals surface area contributed by atoms with Crippen molar-refractivity contribution in [2.45, 2.75) is 6.92 Å². The molecule has 0 saturated carbocycles. The molecule has 3 rings (SSSR count). The number of aromatic carboxylic acids is 1. The molecule has 0 aliphatic carbocycles. The number of thiophene rings is 1. The third-order valence-corrected chi connectivity index (χ3v) is 5.43. The summed E-state index contributed by atoms with van der Waals surface area (Å²) >= 11 is 4.40. The molecule has 0 radical (unpaired) electrons. The van der Waals surface area contributed by atoms with Gasteiger partial charge in [-0.25, -0.2) is 4.79 Å². The maximum atomic E-state index is 12.2. The van der Waals surface area contributed by atoms with Crippen molar-refractivity contribution in [1.29, 1.82) is 0 Å². The van der Waals surface area contributed by atoms with E-state index in [9.17, 15) is 14.7 Å². The topological polar surface area (TPSA) is 59.3 Å². The number of carboxylic acid groups (broad SMARTS) is 1. The van der Waals surface area contributed by atoms with Gasteiger partial charge in [-0.15, -0.1) is 11.3 Å². The SMILES string of the molecule is Cc1ccc(-n2c(=O)ccc3c(Br)c(C(=O)O)sc32)cc1. The summed E-state index contributed by atoms with van der Waals surface area (Å²) in [5, 5.41) is 9.95. The highest BCUT2D eigenvalue weighted by atomic mass is 79.9. The minimum Gasteiger partial charge on any atom is -0.477 e. The Morgan fingerprint density at radius 3 is 2.48 bits per heavy atom. The highest BCUT2D eigenvalue weighted by Gasteiger charge is 2.19. The first-order valence-corrected chi connectivity index (χ1v) is 7.74. The molecule has 1 N–H and O–H groups in total. The van der Waals surface area contributed by atoms with Gasteiger partial charge in [-0.1, -0.05) is 17.7 Å². The van der Waals surface area contributed by atoms with Gasteiger partial charge in [0.05, 0.1) is 10.2 Å². The smallest absolute Gasteiger partial charge is 0.347 e. The molecule has 0 saturated heterocycles. The lowest BCUT2D eigenvalue weighted by Crippen LogP contribution is -2.16. The molecular weight excluding hydrogens is 354 g/mol. The van der Waals surface area contributed by atoms with Gasteiger partial charge in [-0.05, 0) is 41.1 Å². The summed E-state index contributed by atoms with van der Waals surface area (Å²) in [5.41, 5.74) is 1.64. The van der Waals surface area contributed by atoms with Gasteiger partial charge in [0.15, 0.2) is 0 Å². The van der Waals surface area contributed by atoms with Gasteiger partial charge in [-0.2, -0.15) is 0 Å². The second kappa shape index (κ2) is 5.13. The molecule has 4 nitrogen and oxygen atoms in total. The van der Waals surface area contributed by atoms with Crippen LogP contribution in [-0.2, 0) is 0 Å². The van der Waals surface area contributed by atoms with Gasteiger partial charge in [-0.3, -0.25) is 9.36 Å². The quantitative estimate of drug-likeness (QED) is 0.752. The molecule has 0 aliphatic heterocycles. The second-order valence-corrected chi connectivity index (χ2v) is 6.40. The summed E-state index contributed by atoms with van der Waals surface area (Å²) in [6.07, 6.45) is 0. The minimum absolute atomic E-state index is 0.183. The molecule has 3 aromatic rings. The third-order valence-electron chi connectivity index (χ3n) is 3.17. The number of benzene rings is 1. The molecule has 2 heterocycles. The summed E-state index contributed by atoms with van der Waals surface area (Å²) in [6, 6.07) is 10.6. The zero-order chi connectivity index (χ0) is 15.1. The van der Waals surface area contributed by atoms with E-state index in [1.165, 1.54) is 10.6 Å². The Labute approximate surface area is 132 Å². The maximum Gasteiger partial charge on any atom is 0.347 e. The molecule has 6 heteroatoms. The highest BCUT2D eigenvalue weighted by Crippen LogP contribution is 2.35. The van der Waals surface area contributed by atoms with Crippen molar-refractivity contribution in [3.8, 4) is 5.69 Å². The largest absolute Gasteiger partial charge is 0.477 e. The Morgan fingerprint density at radius 2 is 1.86 bits per heavy atom. The summed E-state index contributed by atoms with van der Waals surface area (Å²) in [4.78, 5) is 24.3. The molecule has 0 atom stereocenters. The Bertz CT molecular complexity index is 909. The number of nitrogens with zero attached hydrogens (tertiary/aromatic N) is 1. The number of hydrogen-bond donors (Lipinski definition) is 1. The second-order valence-electron chi connectivity index (χ2n) is 4.61. The fraction of sp³-hybridized carbons (Fsp3) is 0.0667. The number of pyridine rings is 1. The number of halogens is 1. The van der Waals surface area contributed by atoms with Crippen LogP contribution in [-0.4, -0.2) is 15.6 Å². The molecule has 106 valence electrons. The molecule has 1 aromatic carbocycles. The Kier molecular flexibility index (Phi) is 3.43. The predicted molar refractivity (Wildman–Crippen MR) is 86.8 cm³/mol. The van der Waals surface area contributed by atoms with Crippen LogP contribution < -0.4 is 5.56 Å². The Morgan fingerprint density at radius 1 is 1.19 bits per heavy atom. The number of rotatable bonds is 2. The van der Waals surface area contributed by atoms with Gasteiger partial charge in [0.25, 0.3) is 5.56 Å². The van der Waals surface area contributed by atoms with Crippen LogP contribution in [0.1, 0.15) is 15.2 Å². The number of aromatic nitrogens is 1. The first kappa shape index (κ1) is 14.0. The minimum atomic E-state index is -1.01. The van der Waals surface area contributed by atoms with Gasteiger partial charge in [0.1, 0.15) is 9.71 Å². The zero-order valence-electron chi connectivity index (χ0n) is 11.0. The van der Waals surface area contributed by atoms with E-state index < -0.39 is 5.97 Å². The number of hydrogen-bond acceptors (Lipinski definition) is 3. The summed E-state index contributed by atoms with van der Waals surface area (Å²) in [5.74, 6) is -1.01. The molecule has 0 fully saturated rings. The number of carbonyl (C=O) groups is 1. The van der Waals surface area contributed by atoms with E-state index in [4.69, 9.17) is 0 Å². The number of fused-ring (bicyclic) bond motifs is 1. The van der Waals surface area contributed by atoms with Crippen molar-refractivity contribution in [1.82, 2.24) is 4.57 Å². The standard InChI is InChI=1S/C15H10BrNO3S/c1-8-2-4-9(5-3-8)17-11(18)7-6-10-12(16)13(15(19)20)21-14(10)17/h2-7H,1H3,(H,19,20). The highest BCUT2D eigenvalue weighted by molar-refractivity contribution is 9.10. The Balaban J connectivity index is 2.39. The van der Waals surface area contributed by atoms with Crippen molar-refractivity contribution in [3.63, 3.8) is 0 Å². The van der Waals surface area contributed by atoms with E-state index in [2.05, 4.69) is 15.9 Å². The van der Waals surface area contributed by atoms with E-state index >= 15 is 0 Å². The lowest BCUT2D eigenvalue weighted by molar-refractivity contribution is 0.0701. The van der Waals surface area contributed by atoms with E-state index in [1.807, 2.05) is 31.2 Å². The Hall–Kier alpha value is -1.92. The molecule has 0 aliphatic rings. The van der Waals surface area contributed by atoms with Crippen molar-refractivity contribution >= 4 is 43.5 Å². The fourth-order valence-electron chi connectivity index (χ4n) is 2.13. The maximum absolute atomic E-state index is 12.2. The van der Waals surface area contributed by atoms with E-state index in [0.29, 0.717) is 9.30 Å². The molecule has 0 bridgehead atoms. The fourth-order valence-corrected chi connectivity index (χ4v) is 4.04. The summed E-state index contributed by atoms with van der Waals surface area (Å²) < 4.78 is 2.05. The van der Waals surface area contributed by atoms with Gasteiger partial charge in [0, 0.05) is 11.5 Å². The third kappa shape index (κ3) is 2.30. The summed E-state index contributed by atoms with van der Waals surface area (Å²) in [6.45, 7) is 1.97. The van der Waals surface area contributed by atoms with Crippen molar-refractivity contribution in [2.75, 3.05) is 0 Å².